The molecule has 2 aromatic carbocycles. The number of carbonyl (C=O) groups is 2. The van der Waals surface area contributed by atoms with Crippen LogP contribution in [0.5, 0.6) is 5.75 Å². The van der Waals surface area contributed by atoms with Crippen LogP contribution in [0.15, 0.2) is 36.4 Å². The predicted octanol–water partition coefficient (Wildman–Crippen LogP) is 3.64. The summed E-state index contributed by atoms with van der Waals surface area (Å²) in [5.74, 6) is 5.41. The number of phenols is 1. The first-order valence-electron chi connectivity index (χ1n) is 9.34. The summed E-state index contributed by atoms with van der Waals surface area (Å²) in [6, 6.07) is 9.76. The van der Waals surface area contributed by atoms with E-state index >= 15 is 0 Å². The number of hydrogen-bond donors (Lipinski definition) is 1. The molecule has 0 aromatic heterocycles. The van der Waals surface area contributed by atoms with E-state index in [1.165, 1.54) is 6.07 Å². The van der Waals surface area contributed by atoms with Gasteiger partial charge in [-0.25, -0.2) is 0 Å². The van der Waals surface area contributed by atoms with Crippen molar-refractivity contribution in [2.24, 2.45) is 0 Å². The second-order valence-corrected chi connectivity index (χ2v) is 6.66. The topological polar surface area (TPSA) is 57.6 Å². The molecule has 1 N–H and O–H groups in total. The Balaban J connectivity index is 2.00. The molecular weight excluding hydrogens is 338 g/mol. The molecule has 4 heteroatoms. The van der Waals surface area contributed by atoms with E-state index in [1.54, 1.807) is 30.3 Å². The number of nitrogens with zero attached hydrogens (tertiary/aromatic N) is 1. The third-order valence-electron chi connectivity index (χ3n) is 4.66. The van der Waals surface area contributed by atoms with Crippen molar-refractivity contribution in [3.8, 4) is 17.6 Å². The van der Waals surface area contributed by atoms with Gasteiger partial charge in [0.15, 0.2) is 11.6 Å². The Morgan fingerprint density at radius 3 is 2.07 bits per heavy atom. The maximum Gasteiger partial charge on any atom is 0.198 e. The Hall–Kier alpha value is -2.90. The zero-order valence-electron chi connectivity index (χ0n) is 15.7. The fourth-order valence-electron chi connectivity index (χ4n) is 3.46. The molecule has 2 aromatic rings. The van der Waals surface area contributed by atoms with Gasteiger partial charge in [0.2, 0.25) is 0 Å². The summed E-state index contributed by atoms with van der Waals surface area (Å²) in [6.45, 7) is 6.82. The van der Waals surface area contributed by atoms with Gasteiger partial charge in [-0.1, -0.05) is 50.0 Å². The number of phenolic OH excluding ortho intramolecular Hbond substituents is 1. The van der Waals surface area contributed by atoms with E-state index in [9.17, 15) is 14.7 Å². The molecule has 0 fully saturated rings. The van der Waals surface area contributed by atoms with Crippen LogP contribution in [0, 0.1) is 11.8 Å². The van der Waals surface area contributed by atoms with Crippen LogP contribution in [0.3, 0.4) is 0 Å². The van der Waals surface area contributed by atoms with E-state index < -0.39 is 0 Å². The van der Waals surface area contributed by atoms with Gasteiger partial charge < -0.3 is 5.11 Å². The van der Waals surface area contributed by atoms with Gasteiger partial charge in [0.05, 0.1) is 17.7 Å². The van der Waals surface area contributed by atoms with E-state index in [1.807, 2.05) is 0 Å². The quantitative estimate of drug-likeness (QED) is 0.705. The smallest absolute Gasteiger partial charge is 0.198 e. The summed E-state index contributed by atoms with van der Waals surface area (Å²) in [7, 11) is 0. The minimum absolute atomic E-state index is 0.0597. The largest absolute Gasteiger partial charge is 0.507 e. The van der Waals surface area contributed by atoms with Crippen LogP contribution in [-0.4, -0.2) is 41.2 Å². The van der Waals surface area contributed by atoms with Crippen molar-refractivity contribution in [3.05, 3.63) is 64.2 Å². The Labute approximate surface area is 159 Å². The Bertz CT molecular complexity index is 944. The van der Waals surface area contributed by atoms with Crippen LogP contribution in [0.2, 0.25) is 0 Å². The van der Waals surface area contributed by atoms with Crippen molar-refractivity contribution in [2.45, 2.75) is 26.7 Å². The molecule has 0 radical (unpaired) electrons. The predicted molar refractivity (Wildman–Crippen MR) is 105 cm³/mol. The number of carbonyl (C=O) groups excluding carboxylic acids is 2. The van der Waals surface area contributed by atoms with E-state index in [2.05, 4.69) is 30.6 Å². The highest BCUT2D eigenvalue weighted by Crippen LogP contribution is 2.34. The van der Waals surface area contributed by atoms with Crippen LogP contribution in [0.1, 0.15) is 64.1 Å². The van der Waals surface area contributed by atoms with Crippen LogP contribution >= 0.6 is 0 Å². The van der Waals surface area contributed by atoms with Crippen molar-refractivity contribution in [3.63, 3.8) is 0 Å². The minimum atomic E-state index is -0.333. The first-order valence-corrected chi connectivity index (χ1v) is 9.34. The average molecular weight is 361 g/mol. The van der Waals surface area contributed by atoms with Gasteiger partial charge in [0, 0.05) is 16.7 Å². The minimum Gasteiger partial charge on any atom is -0.507 e. The molecule has 0 aliphatic heterocycles. The van der Waals surface area contributed by atoms with Crippen molar-refractivity contribution in [1.29, 1.82) is 0 Å². The molecule has 0 atom stereocenters. The van der Waals surface area contributed by atoms with Crippen molar-refractivity contribution in [2.75, 3.05) is 19.6 Å². The molecule has 0 heterocycles. The number of aromatic hydroxyl groups is 1. The number of benzene rings is 2. The summed E-state index contributed by atoms with van der Waals surface area (Å²) in [6.07, 6.45) is 2.11. The average Bonchev–Trinajstić information content (AvgIpc) is 2.67. The van der Waals surface area contributed by atoms with Crippen LogP contribution in [-0.2, 0) is 0 Å². The number of fused-ring (bicyclic) bond motifs is 2. The first kappa shape index (κ1) is 18.9. The Morgan fingerprint density at radius 1 is 0.889 bits per heavy atom. The highest BCUT2D eigenvalue weighted by molar-refractivity contribution is 6.30. The fourth-order valence-corrected chi connectivity index (χ4v) is 3.46. The SMILES string of the molecule is CCCN(CC#Cc1ccc(O)c2c1C(=O)c1ccccc1C2=O)CCC. The van der Waals surface area contributed by atoms with E-state index in [0.717, 1.165) is 25.9 Å². The molecule has 0 saturated heterocycles. The van der Waals surface area contributed by atoms with Crippen LogP contribution in [0.25, 0.3) is 0 Å². The van der Waals surface area contributed by atoms with E-state index in [4.69, 9.17) is 0 Å². The maximum atomic E-state index is 13.0. The summed E-state index contributed by atoms with van der Waals surface area (Å²) in [4.78, 5) is 28.1. The van der Waals surface area contributed by atoms with Crippen LogP contribution < -0.4 is 0 Å². The van der Waals surface area contributed by atoms with Gasteiger partial charge in [-0.2, -0.15) is 0 Å². The highest BCUT2D eigenvalue weighted by atomic mass is 16.3. The molecule has 27 heavy (non-hydrogen) atoms. The van der Waals surface area contributed by atoms with Crippen molar-refractivity contribution < 1.29 is 14.7 Å². The lowest BCUT2D eigenvalue weighted by Gasteiger charge is -2.19. The third-order valence-corrected chi connectivity index (χ3v) is 4.66. The number of hydrogen-bond acceptors (Lipinski definition) is 4. The Morgan fingerprint density at radius 2 is 1.48 bits per heavy atom. The molecule has 138 valence electrons. The van der Waals surface area contributed by atoms with Crippen molar-refractivity contribution in [1.82, 2.24) is 4.90 Å². The first-order chi connectivity index (χ1) is 13.1. The molecule has 3 rings (SSSR count). The lowest BCUT2D eigenvalue weighted by molar-refractivity contribution is 0.0976. The highest BCUT2D eigenvalue weighted by Gasteiger charge is 2.33. The zero-order valence-corrected chi connectivity index (χ0v) is 15.7. The van der Waals surface area contributed by atoms with Gasteiger partial charge in [-0.05, 0) is 38.1 Å². The van der Waals surface area contributed by atoms with Gasteiger partial charge in [-0.15, -0.1) is 0 Å². The number of rotatable bonds is 5. The molecule has 4 nitrogen and oxygen atoms in total. The lowest BCUT2D eigenvalue weighted by Crippen LogP contribution is -2.25. The normalized spacial score (nSPS) is 12.4. The summed E-state index contributed by atoms with van der Waals surface area (Å²) >= 11 is 0. The second kappa shape index (κ2) is 8.20. The lowest BCUT2D eigenvalue weighted by atomic mass is 9.81. The Kier molecular flexibility index (Phi) is 5.73. The molecule has 0 bridgehead atoms. The summed E-state index contributed by atoms with van der Waals surface area (Å²) < 4.78 is 0. The van der Waals surface area contributed by atoms with Crippen molar-refractivity contribution >= 4 is 11.6 Å². The molecule has 1 aliphatic carbocycles. The standard InChI is InChI=1S/C23H23NO3/c1-3-13-24(14-4-2)15-7-8-16-11-12-19(25)21-20(16)22(26)17-9-5-6-10-18(17)23(21)27/h5-6,9-12,25H,3-4,13-15H2,1-2H3. The van der Waals surface area contributed by atoms with E-state index in [-0.39, 0.29) is 28.4 Å². The molecule has 0 unspecified atom stereocenters. The van der Waals surface area contributed by atoms with Gasteiger partial charge in [-0.3, -0.25) is 14.5 Å². The molecule has 0 saturated carbocycles. The van der Waals surface area contributed by atoms with Crippen LogP contribution in [0.4, 0.5) is 0 Å². The molecule has 0 amide bonds. The third kappa shape index (κ3) is 3.65. The van der Waals surface area contributed by atoms with E-state index in [0.29, 0.717) is 23.2 Å². The molecular formula is C23H23NO3. The number of ketones is 2. The summed E-state index contributed by atoms with van der Waals surface area (Å²) in [5.41, 5.74) is 1.45. The van der Waals surface area contributed by atoms with Gasteiger partial charge in [0.1, 0.15) is 5.75 Å². The second-order valence-electron chi connectivity index (χ2n) is 6.66. The maximum absolute atomic E-state index is 13.0. The zero-order chi connectivity index (χ0) is 19.4. The fraction of sp³-hybridized carbons (Fsp3) is 0.304. The molecule has 0 spiro atoms. The van der Waals surface area contributed by atoms with Gasteiger partial charge >= 0.3 is 0 Å². The van der Waals surface area contributed by atoms with Gasteiger partial charge in [0.25, 0.3) is 0 Å². The monoisotopic (exact) mass is 361 g/mol. The molecule has 1 aliphatic rings. The summed E-state index contributed by atoms with van der Waals surface area (Å²) in [5, 5.41) is 10.2.